The molecule has 1 aliphatic carbocycles. The molecular weight excluding hydrogens is 292 g/mol. The van der Waals surface area contributed by atoms with E-state index in [4.69, 9.17) is 0 Å². The minimum absolute atomic E-state index is 0.0999. The molecule has 2 aliphatic rings. The standard InChI is InChI=1S/C14H18N2O4S/c17-11-5-12(13(18)19)16(7-11)14(20)15(10-1-2-10)6-9-3-4-21-8-9/h3-4,8,10-12,17H,1-2,5-7H2,(H,18,19). The number of β-amino-alcohol motifs (C(OH)–C–C–N with tert-alkyl or cyclic N) is 1. The molecule has 0 bridgehead atoms. The van der Waals surface area contributed by atoms with Gasteiger partial charge >= 0.3 is 12.0 Å². The second-order valence-corrected chi connectivity index (χ2v) is 6.45. The Hall–Kier alpha value is -1.60. The quantitative estimate of drug-likeness (QED) is 0.879. The number of aliphatic carboxylic acids is 1. The fourth-order valence-electron chi connectivity index (χ4n) is 2.74. The van der Waals surface area contributed by atoms with Crippen LogP contribution in [0.5, 0.6) is 0 Å². The third kappa shape index (κ3) is 3.03. The molecule has 3 rings (SSSR count). The highest BCUT2D eigenvalue weighted by Gasteiger charge is 2.43. The number of likely N-dealkylation sites (tertiary alicyclic amines) is 1. The van der Waals surface area contributed by atoms with Gasteiger partial charge in [0, 0.05) is 25.6 Å². The lowest BCUT2D eigenvalue weighted by Gasteiger charge is -2.30. The van der Waals surface area contributed by atoms with Crippen LogP contribution in [0, 0.1) is 0 Å². The highest BCUT2D eigenvalue weighted by Crippen LogP contribution is 2.31. The number of thiophene rings is 1. The van der Waals surface area contributed by atoms with E-state index in [1.807, 2.05) is 16.8 Å². The number of urea groups is 1. The maximum absolute atomic E-state index is 12.7. The Labute approximate surface area is 126 Å². The van der Waals surface area contributed by atoms with E-state index in [9.17, 15) is 19.8 Å². The average molecular weight is 310 g/mol. The number of hydrogen-bond donors (Lipinski definition) is 2. The lowest BCUT2D eigenvalue weighted by molar-refractivity contribution is -0.141. The maximum Gasteiger partial charge on any atom is 0.326 e. The van der Waals surface area contributed by atoms with Gasteiger partial charge in [-0.05, 0) is 35.2 Å². The Balaban J connectivity index is 1.75. The largest absolute Gasteiger partial charge is 0.480 e. The number of carboxylic acid groups (broad SMARTS) is 1. The van der Waals surface area contributed by atoms with Crippen molar-refractivity contribution in [2.75, 3.05) is 6.54 Å². The van der Waals surface area contributed by atoms with Gasteiger partial charge in [0.25, 0.3) is 0 Å². The summed E-state index contributed by atoms with van der Waals surface area (Å²) in [6, 6.07) is 0.981. The number of rotatable bonds is 4. The smallest absolute Gasteiger partial charge is 0.326 e. The SMILES string of the molecule is O=C(O)C1CC(O)CN1C(=O)N(Cc1ccsc1)C1CC1. The number of aliphatic hydroxyl groups excluding tert-OH is 1. The van der Waals surface area contributed by atoms with Crippen LogP contribution in [0.25, 0.3) is 0 Å². The highest BCUT2D eigenvalue weighted by molar-refractivity contribution is 7.07. The normalized spacial score (nSPS) is 25.1. The zero-order chi connectivity index (χ0) is 15.0. The van der Waals surface area contributed by atoms with Gasteiger partial charge in [-0.25, -0.2) is 9.59 Å². The van der Waals surface area contributed by atoms with Crippen LogP contribution >= 0.6 is 11.3 Å². The van der Waals surface area contributed by atoms with Gasteiger partial charge in [-0.3, -0.25) is 0 Å². The first kappa shape index (κ1) is 14.3. The first-order valence-electron chi connectivity index (χ1n) is 7.05. The van der Waals surface area contributed by atoms with E-state index in [0.717, 1.165) is 18.4 Å². The van der Waals surface area contributed by atoms with Gasteiger partial charge in [-0.15, -0.1) is 0 Å². The Kier molecular flexibility index (Phi) is 3.86. The molecule has 2 unspecified atom stereocenters. The van der Waals surface area contributed by atoms with Crippen LogP contribution in [0.2, 0.25) is 0 Å². The molecule has 0 radical (unpaired) electrons. The first-order valence-corrected chi connectivity index (χ1v) is 7.99. The summed E-state index contributed by atoms with van der Waals surface area (Å²) in [5.41, 5.74) is 1.06. The molecule has 0 aromatic carbocycles. The van der Waals surface area contributed by atoms with Crippen LogP contribution in [-0.2, 0) is 11.3 Å². The van der Waals surface area contributed by atoms with E-state index in [2.05, 4.69) is 0 Å². The highest BCUT2D eigenvalue weighted by atomic mass is 32.1. The van der Waals surface area contributed by atoms with Crippen LogP contribution in [-0.4, -0.2) is 56.7 Å². The van der Waals surface area contributed by atoms with Gasteiger partial charge in [0.05, 0.1) is 6.10 Å². The molecule has 1 aliphatic heterocycles. The van der Waals surface area contributed by atoms with Gasteiger partial charge in [-0.1, -0.05) is 0 Å². The minimum atomic E-state index is -1.05. The van der Waals surface area contributed by atoms with Crippen molar-refractivity contribution in [1.29, 1.82) is 0 Å². The first-order chi connectivity index (χ1) is 10.1. The van der Waals surface area contributed by atoms with E-state index in [1.165, 1.54) is 4.90 Å². The van der Waals surface area contributed by atoms with Gasteiger partial charge in [0.15, 0.2) is 0 Å². The van der Waals surface area contributed by atoms with Crippen molar-refractivity contribution in [3.05, 3.63) is 22.4 Å². The van der Waals surface area contributed by atoms with E-state index >= 15 is 0 Å². The number of carboxylic acids is 1. The van der Waals surface area contributed by atoms with E-state index in [0.29, 0.717) is 6.54 Å². The van der Waals surface area contributed by atoms with Crippen molar-refractivity contribution in [1.82, 2.24) is 9.80 Å². The van der Waals surface area contributed by atoms with Crippen LogP contribution in [0.1, 0.15) is 24.8 Å². The van der Waals surface area contributed by atoms with Gasteiger partial charge in [0.1, 0.15) is 6.04 Å². The zero-order valence-electron chi connectivity index (χ0n) is 11.5. The molecule has 1 saturated carbocycles. The summed E-state index contributed by atoms with van der Waals surface area (Å²) in [6.07, 6.45) is 1.28. The summed E-state index contributed by atoms with van der Waals surface area (Å²) >= 11 is 1.58. The summed E-state index contributed by atoms with van der Waals surface area (Å²) in [5.74, 6) is -1.05. The van der Waals surface area contributed by atoms with Crippen LogP contribution in [0.3, 0.4) is 0 Å². The fraction of sp³-hybridized carbons (Fsp3) is 0.571. The average Bonchev–Trinajstić information content (AvgIpc) is 2.99. The van der Waals surface area contributed by atoms with E-state index in [1.54, 1.807) is 16.2 Å². The van der Waals surface area contributed by atoms with Crippen molar-refractivity contribution in [3.63, 3.8) is 0 Å². The molecular formula is C14H18N2O4S. The number of nitrogens with zero attached hydrogens (tertiary/aromatic N) is 2. The number of carbonyl (C=O) groups excluding carboxylic acids is 1. The van der Waals surface area contributed by atoms with Gasteiger partial charge in [0.2, 0.25) is 0 Å². The van der Waals surface area contributed by atoms with Crippen molar-refractivity contribution in [3.8, 4) is 0 Å². The molecule has 2 amide bonds. The van der Waals surface area contributed by atoms with Crippen LogP contribution in [0.15, 0.2) is 16.8 Å². The molecule has 2 fully saturated rings. The summed E-state index contributed by atoms with van der Waals surface area (Å²) in [5, 5.41) is 22.9. The molecule has 2 atom stereocenters. The Morgan fingerprint density at radius 2 is 2.19 bits per heavy atom. The molecule has 7 heteroatoms. The van der Waals surface area contributed by atoms with E-state index < -0.39 is 18.1 Å². The number of hydrogen-bond acceptors (Lipinski definition) is 4. The molecule has 1 aromatic rings. The molecule has 0 spiro atoms. The zero-order valence-corrected chi connectivity index (χ0v) is 12.3. The van der Waals surface area contributed by atoms with Crippen LogP contribution in [0.4, 0.5) is 4.79 Å². The molecule has 114 valence electrons. The third-order valence-electron chi connectivity index (χ3n) is 3.98. The Morgan fingerprint density at radius 3 is 2.76 bits per heavy atom. The number of amides is 2. The topological polar surface area (TPSA) is 81.1 Å². The molecule has 6 nitrogen and oxygen atoms in total. The molecule has 2 N–H and O–H groups in total. The van der Waals surface area contributed by atoms with Crippen LogP contribution < -0.4 is 0 Å². The minimum Gasteiger partial charge on any atom is -0.480 e. The van der Waals surface area contributed by atoms with Gasteiger partial charge < -0.3 is 20.0 Å². The van der Waals surface area contributed by atoms with E-state index in [-0.39, 0.29) is 25.0 Å². The number of aliphatic hydroxyl groups is 1. The van der Waals surface area contributed by atoms with Crippen molar-refractivity contribution < 1.29 is 19.8 Å². The monoisotopic (exact) mass is 310 g/mol. The van der Waals surface area contributed by atoms with Crippen molar-refractivity contribution in [2.24, 2.45) is 0 Å². The molecule has 21 heavy (non-hydrogen) atoms. The predicted octanol–water partition coefficient (Wildman–Crippen LogP) is 1.35. The molecule has 1 aromatic heterocycles. The van der Waals surface area contributed by atoms with Gasteiger partial charge in [-0.2, -0.15) is 11.3 Å². The molecule has 2 heterocycles. The summed E-state index contributed by atoms with van der Waals surface area (Å²) in [6.45, 7) is 0.606. The lowest BCUT2D eigenvalue weighted by atomic mass is 10.2. The second-order valence-electron chi connectivity index (χ2n) is 5.67. The molecule has 1 saturated heterocycles. The predicted molar refractivity (Wildman–Crippen MR) is 77.0 cm³/mol. The summed E-state index contributed by atoms with van der Waals surface area (Å²) in [4.78, 5) is 27.0. The maximum atomic E-state index is 12.7. The Bertz CT molecular complexity index is 529. The van der Waals surface area contributed by atoms with Crippen molar-refractivity contribution in [2.45, 2.75) is 44.0 Å². The summed E-state index contributed by atoms with van der Waals surface area (Å²) < 4.78 is 0. The summed E-state index contributed by atoms with van der Waals surface area (Å²) in [7, 11) is 0. The number of carbonyl (C=O) groups is 2. The Morgan fingerprint density at radius 1 is 1.43 bits per heavy atom. The fourth-order valence-corrected chi connectivity index (χ4v) is 3.40. The van der Waals surface area contributed by atoms with Crippen molar-refractivity contribution >= 4 is 23.3 Å². The third-order valence-corrected chi connectivity index (χ3v) is 4.71. The lowest BCUT2D eigenvalue weighted by Crippen LogP contribution is -2.48. The second kappa shape index (κ2) is 5.65.